The van der Waals surface area contributed by atoms with E-state index in [-0.39, 0.29) is 6.04 Å². The minimum atomic E-state index is 0.183. The Morgan fingerprint density at radius 1 is 0.900 bits per heavy atom. The van der Waals surface area contributed by atoms with Gasteiger partial charge in [-0.05, 0) is 24.6 Å². The number of anilines is 1. The van der Waals surface area contributed by atoms with Crippen LogP contribution in [0.15, 0.2) is 48.5 Å². The normalized spacial score (nSPS) is 11.8. The molecule has 3 heteroatoms. The zero-order valence-corrected chi connectivity index (χ0v) is 12.2. The van der Waals surface area contributed by atoms with Gasteiger partial charge >= 0.3 is 0 Å². The van der Waals surface area contributed by atoms with Gasteiger partial charge in [0.2, 0.25) is 0 Å². The molecule has 3 nitrogen and oxygen atoms in total. The highest BCUT2D eigenvalue weighted by atomic mass is 16.5. The summed E-state index contributed by atoms with van der Waals surface area (Å²) >= 11 is 0. The van der Waals surface area contributed by atoms with Crippen LogP contribution in [0.4, 0.5) is 5.69 Å². The maximum Gasteiger partial charge on any atom is 0.141 e. The van der Waals surface area contributed by atoms with Crippen LogP contribution in [0.3, 0.4) is 0 Å². The average molecular weight is 271 g/mol. The minimum absolute atomic E-state index is 0.183. The largest absolute Gasteiger partial charge is 0.496 e. The summed E-state index contributed by atoms with van der Waals surface area (Å²) in [5.41, 5.74) is 2.15. The summed E-state index contributed by atoms with van der Waals surface area (Å²) in [7, 11) is 3.39. The highest BCUT2D eigenvalue weighted by molar-refractivity contribution is 5.58. The van der Waals surface area contributed by atoms with Crippen LogP contribution in [0.1, 0.15) is 24.9 Å². The van der Waals surface area contributed by atoms with E-state index in [1.165, 1.54) is 0 Å². The van der Waals surface area contributed by atoms with E-state index >= 15 is 0 Å². The summed E-state index contributed by atoms with van der Waals surface area (Å²) in [6.45, 7) is 2.15. The third-order valence-corrected chi connectivity index (χ3v) is 3.36. The zero-order valence-electron chi connectivity index (χ0n) is 12.2. The first-order chi connectivity index (χ1) is 9.80. The van der Waals surface area contributed by atoms with Crippen LogP contribution in [-0.2, 0) is 0 Å². The molecule has 20 heavy (non-hydrogen) atoms. The Morgan fingerprint density at radius 2 is 1.50 bits per heavy atom. The van der Waals surface area contributed by atoms with Crippen molar-refractivity contribution in [1.29, 1.82) is 0 Å². The molecule has 0 fully saturated rings. The quantitative estimate of drug-likeness (QED) is 0.851. The Hall–Kier alpha value is -2.16. The zero-order chi connectivity index (χ0) is 14.4. The fourth-order valence-corrected chi connectivity index (χ4v) is 2.31. The van der Waals surface area contributed by atoms with Gasteiger partial charge in [0.15, 0.2) is 0 Å². The maximum absolute atomic E-state index is 5.45. The maximum atomic E-state index is 5.45. The summed E-state index contributed by atoms with van der Waals surface area (Å²) < 4.78 is 10.8. The standard InChI is InChI=1S/C17H21NO2/c1-4-14(13-9-5-7-11-16(13)19-2)18-15-10-6-8-12-17(15)20-3/h5-12,14,18H,4H2,1-3H3. The summed E-state index contributed by atoms with van der Waals surface area (Å²) in [5, 5.41) is 3.53. The molecule has 0 aromatic heterocycles. The molecular weight excluding hydrogens is 250 g/mol. The van der Waals surface area contributed by atoms with E-state index in [2.05, 4.69) is 18.3 Å². The van der Waals surface area contributed by atoms with Gasteiger partial charge in [0.25, 0.3) is 0 Å². The van der Waals surface area contributed by atoms with E-state index in [4.69, 9.17) is 9.47 Å². The van der Waals surface area contributed by atoms with Crippen molar-refractivity contribution in [1.82, 2.24) is 0 Å². The third kappa shape index (κ3) is 3.05. The molecule has 0 aliphatic heterocycles. The highest BCUT2D eigenvalue weighted by Crippen LogP contribution is 2.33. The van der Waals surface area contributed by atoms with Crippen LogP contribution >= 0.6 is 0 Å². The predicted molar refractivity (Wildman–Crippen MR) is 82.6 cm³/mol. The molecule has 0 heterocycles. The van der Waals surface area contributed by atoms with Gasteiger partial charge in [-0.3, -0.25) is 0 Å². The molecule has 0 radical (unpaired) electrons. The molecule has 0 saturated heterocycles. The fraction of sp³-hybridized carbons (Fsp3) is 0.294. The molecule has 2 aromatic rings. The van der Waals surface area contributed by atoms with Crippen molar-refractivity contribution in [2.24, 2.45) is 0 Å². The van der Waals surface area contributed by atoms with Crippen molar-refractivity contribution < 1.29 is 9.47 Å². The monoisotopic (exact) mass is 271 g/mol. The van der Waals surface area contributed by atoms with Gasteiger partial charge in [-0.25, -0.2) is 0 Å². The van der Waals surface area contributed by atoms with E-state index < -0.39 is 0 Å². The van der Waals surface area contributed by atoms with E-state index in [1.54, 1.807) is 14.2 Å². The Bertz CT molecular complexity index is 554. The number of methoxy groups -OCH3 is 2. The number of nitrogens with one attached hydrogen (secondary N) is 1. The lowest BCUT2D eigenvalue weighted by atomic mass is 10.0. The van der Waals surface area contributed by atoms with Crippen molar-refractivity contribution >= 4 is 5.69 Å². The van der Waals surface area contributed by atoms with E-state index in [1.807, 2.05) is 42.5 Å². The molecule has 1 unspecified atom stereocenters. The number of hydrogen-bond acceptors (Lipinski definition) is 3. The first-order valence-electron chi connectivity index (χ1n) is 6.82. The van der Waals surface area contributed by atoms with Gasteiger partial charge in [-0.1, -0.05) is 37.3 Å². The van der Waals surface area contributed by atoms with Gasteiger partial charge in [0.05, 0.1) is 25.9 Å². The van der Waals surface area contributed by atoms with Crippen molar-refractivity contribution in [3.63, 3.8) is 0 Å². The lowest BCUT2D eigenvalue weighted by Crippen LogP contribution is -2.11. The molecule has 0 aliphatic rings. The number of benzene rings is 2. The topological polar surface area (TPSA) is 30.5 Å². The van der Waals surface area contributed by atoms with Crippen LogP contribution in [0.2, 0.25) is 0 Å². The van der Waals surface area contributed by atoms with Gasteiger partial charge in [0.1, 0.15) is 11.5 Å². The molecule has 0 aliphatic carbocycles. The second kappa shape index (κ2) is 6.85. The van der Waals surface area contributed by atoms with Crippen molar-refractivity contribution in [2.45, 2.75) is 19.4 Å². The lowest BCUT2D eigenvalue weighted by molar-refractivity contribution is 0.405. The van der Waals surface area contributed by atoms with E-state index in [0.717, 1.165) is 29.2 Å². The Kier molecular flexibility index (Phi) is 4.88. The molecule has 0 saturated carbocycles. The van der Waals surface area contributed by atoms with Crippen LogP contribution in [-0.4, -0.2) is 14.2 Å². The molecule has 0 spiro atoms. The second-order valence-corrected chi connectivity index (χ2v) is 4.55. The van der Waals surface area contributed by atoms with Crippen LogP contribution in [0.25, 0.3) is 0 Å². The lowest BCUT2D eigenvalue weighted by Gasteiger charge is -2.22. The first-order valence-corrected chi connectivity index (χ1v) is 6.82. The SMILES string of the molecule is CCC(Nc1ccccc1OC)c1ccccc1OC. The van der Waals surface area contributed by atoms with Crippen molar-refractivity contribution in [2.75, 3.05) is 19.5 Å². The van der Waals surface area contributed by atoms with Crippen LogP contribution < -0.4 is 14.8 Å². The van der Waals surface area contributed by atoms with Crippen molar-refractivity contribution in [3.8, 4) is 11.5 Å². The summed E-state index contributed by atoms with van der Waals surface area (Å²) in [5.74, 6) is 1.75. The van der Waals surface area contributed by atoms with Gasteiger partial charge in [0, 0.05) is 5.56 Å². The molecular formula is C17H21NO2. The molecule has 106 valence electrons. The van der Waals surface area contributed by atoms with Gasteiger partial charge < -0.3 is 14.8 Å². The number of rotatable bonds is 6. The Morgan fingerprint density at radius 3 is 2.15 bits per heavy atom. The minimum Gasteiger partial charge on any atom is -0.496 e. The molecule has 0 bridgehead atoms. The van der Waals surface area contributed by atoms with Crippen molar-refractivity contribution in [3.05, 3.63) is 54.1 Å². The Labute approximate surface area is 120 Å². The predicted octanol–water partition coefficient (Wildman–Crippen LogP) is 4.27. The number of hydrogen-bond donors (Lipinski definition) is 1. The second-order valence-electron chi connectivity index (χ2n) is 4.55. The number of ether oxygens (including phenoxy) is 2. The summed E-state index contributed by atoms with van der Waals surface area (Å²) in [4.78, 5) is 0. The molecule has 0 amide bonds. The molecule has 2 aromatic carbocycles. The fourth-order valence-electron chi connectivity index (χ4n) is 2.31. The number of para-hydroxylation sites is 3. The van der Waals surface area contributed by atoms with Gasteiger partial charge in [-0.15, -0.1) is 0 Å². The third-order valence-electron chi connectivity index (χ3n) is 3.36. The molecule has 1 N–H and O–H groups in total. The highest BCUT2D eigenvalue weighted by Gasteiger charge is 2.15. The van der Waals surface area contributed by atoms with Crippen LogP contribution in [0, 0.1) is 0 Å². The smallest absolute Gasteiger partial charge is 0.141 e. The van der Waals surface area contributed by atoms with E-state index in [0.29, 0.717) is 0 Å². The summed E-state index contributed by atoms with van der Waals surface area (Å²) in [6, 6.07) is 16.2. The average Bonchev–Trinajstić information content (AvgIpc) is 2.53. The van der Waals surface area contributed by atoms with Crippen LogP contribution in [0.5, 0.6) is 11.5 Å². The first kappa shape index (κ1) is 14.3. The summed E-state index contributed by atoms with van der Waals surface area (Å²) in [6.07, 6.45) is 0.957. The van der Waals surface area contributed by atoms with Gasteiger partial charge in [-0.2, -0.15) is 0 Å². The Balaban J connectivity index is 2.29. The molecule has 1 atom stereocenters. The molecule has 2 rings (SSSR count). The van der Waals surface area contributed by atoms with E-state index in [9.17, 15) is 0 Å².